The second-order valence-corrected chi connectivity index (χ2v) is 5.18. The van der Waals surface area contributed by atoms with Crippen molar-refractivity contribution < 1.29 is 17.6 Å². The molecule has 0 spiro atoms. The van der Waals surface area contributed by atoms with Crippen LogP contribution in [0.2, 0.25) is 0 Å². The molecule has 0 aliphatic rings. The van der Waals surface area contributed by atoms with Crippen LogP contribution in [0.15, 0.2) is 46.9 Å². The van der Waals surface area contributed by atoms with Gasteiger partial charge in [0.25, 0.3) is 0 Å². The molecular formula is C14H11BrF4N2. The van der Waals surface area contributed by atoms with E-state index in [1.54, 1.807) is 0 Å². The molecule has 2 nitrogen and oxygen atoms in total. The summed E-state index contributed by atoms with van der Waals surface area (Å²) in [6, 6.07) is 8.20. The molecule has 0 heterocycles. The van der Waals surface area contributed by atoms with E-state index in [1.165, 1.54) is 36.4 Å². The standard InChI is InChI=1S/C14H11BrF4N2/c15-11-7-3-5-9(12(11)16)13(21-20)8-4-1-2-6-10(8)14(17,18)19/h1-7,13,21H,20H2. The predicted molar refractivity (Wildman–Crippen MR) is 74.7 cm³/mol. The van der Waals surface area contributed by atoms with Gasteiger partial charge in [-0.15, -0.1) is 0 Å². The quantitative estimate of drug-likeness (QED) is 0.488. The summed E-state index contributed by atoms with van der Waals surface area (Å²) in [5.41, 5.74) is 1.30. The predicted octanol–water partition coefficient (Wildman–Crippen LogP) is 4.16. The second kappa shape index (κ2) is 6.13. The number of halogens is 5. The van der Waals surface area contributed by atoms with Crippen LogP contribution in [0.25, 0.3) is 0 Å². The summed E-state index contributed by atoms with van der Waals surface area (Å²) in [7, 11) is 0. The first-order chi connectivity index (χ1) is 9.86. The lowest BCUT2D eigenvalue weighted by molar-refractivity contribution is -0.138. The average Bonchev–Trinajstić information content (AvgIpc) is 2.44. The van der Waals surface area contributed by atoms with Crippen molar-refractivity contribution in [1.29, 1.82) is 0 Å². The van der Waals surface area contributed by atoms with Crippen molar-refractivity contribution in [2.24, 2.45) is 5.84 Å². The van der Waals surface area contributed by atoms with Crippen molar-refractivity contribution in [2.45, 2.75) is 12.2 Å². The fraction of sp³-hybridized carbons (Fsp3) is 0.143. The molecule has 0 radical (unpaired) electrons. The third kappa shape index (κ3) is 3.25. The Hall–Kier alpha value is -1.44. The van der Waals surface area contributed by atoms with E-state index in [1.807, 2.05) is 0 Å². The van der Waals surface area contributed by atoms with Crippen LogP contribution in [0.4, 0.5) is 17.6 Å². The SMILES string of the molecule is NNC(c1ccccc1C(F)(F)F)c1cccc(Br)c1F. The molecule has 0 saturated heterocycles. The monoisotopic (exact) mass is 362 g/mol. The van der Waals surface area contributed by atoms with Crippen LogP contribution in [-0.2, 0) is 6.18 Å². The number of hydrogen-bond acceptors (Lipinski definition) is 2. The highest BCUT2D eigenvalue weighted by Gasteiger charge is 2.35. The number of benzene rings is 2. The number of nitrogens with one attached hydrogen (secondary N) is 1. The molecule has 0 amide bonds. The lowest BCUT2D eigenvalue weighted by Gasteiger charge is -2.22. The molecule has 0 bridgehead atoms. The van der Waals surface area contributed by atoms with Gasteiger partial charge in [-0.25, -0.2) is 9.82 Å². The number of hydrazine groups is 1. The molecule has 1 atom stereocenters. The van der Waals surface area contributed by atoms with E-state index in [9.17, 15) is 17.6 Å². The molecule has 1 unspecified atom stereocenters. The molecule has 2 rings (SSSR count). The van der Waals surface area contributed by atoms with Crippen LogP contribution in [0.3, 0.4) is 0 Å². The summed E-state index contributed by atoms with van der Waals surface area (Å²) in [4.78, 5) is 0. The Labute approximate surface area is 127 Å². The van der Waals surface area contributed by atoms with Crippen molar-refractivity contribution in [3.8, 4) is 0 Å². The molecule has 2 aromatic rings. The van der Waals surface area contributed by atoms with Gasteiger partial charge in [-0.05, 0) is 33.6 Å². The van der Waals surface area contributed by atoms with Gasteiger partial charge in [-0.3, -0.25) is 5.84 Å². The molecule has 0 aliphatic heterocycles. The smallest absolute Gasteiger partial charge is 0.271 e. The number of hydrogen-bond donors (Lipinski definition) is 2. The maximum absolute atomic E-state index is 14.1. The van der Waals surface area contributed by atoms with Crippen LogP contribution in [-0.4, -0.2) is 0 Å². The van der Waals surface area contributed by atoms with Crippen molar-refractivity contribution >= 4 is 15.9 Å². The van der Waals surface area contributed by atoms with Crippen LogP contribution < -0.4 is 11.3 Å². The Morgan fingerprint density at radius 3 is 2.24 bits per heavy atom. The fourth-order valence-electron chi connectivity index (χ4n) is 2.10. The van der Waals surface area contributed by atoms with Gasteiger partial charge in [0.05, 0.1) is 16.1 Å². The van der Waals surface area contributed by atoms with E-state index in [-0.39, 0.29) is 15.6 Å². The van der Waals surface area contributed by atoms with E-state index in [0.717, 1.165) is 6.07 Å². The van der Waals surface area contributed by atoms with E-state index < -0.39 is 23.6 Å². The molecule has 2 aromatic carbocycles. The second-order valence-electron chi connectivity index (χ2n) is 4.33. The van der Waals surface area contributed by atoms with Crippen molar-refractivity contribution in [1.82, 2.24) is 5.43 Å². The Morgan fingerprint density at radius 2 is 1.62 bits per heavy atom. The molecular weight excluding hydrogens is 352 g/mol. The molecule has 3 N–H and O–H groups in total. The maximum atomic E-state index is 14.1. The minimum atomic E-state index is -4.55. The van der Waals surface area contributed by atoms with Gasteiger partial charge >= 0.3 is 6.18 Å². The highest BCUT2D eigenvalue weighted by Crippen LogP contribution is 2.37. The van der Waals surface area contributed by atoms with Crippen molar-refractivity contribution in [3.05, 3.63) is 69.4 Å². The summed E-state index contributed by atoms with van der Waals surface area (Å²) in [6.45, 7) is 0. The molecule has 21 heavy (non-hydrogen) atoms. The Bertz CT molecular complexity index is 643. The number of alkyl halides is 3. The molecule has 112 valence electrons. The van der Waals surface area contributed by atoms with Crippen LogP contribution >= 0.6 is 15.9 Å². The first-order valence-corrected chi connectivity index (χ1v) is 6.71. The zero-order chi connectivity index (χ0) is 15.6. The zero-order valence-electron chi connectivity index (χ0n) is 10.6. The summed E-state index contributed by atoms with van der Waals surface area (Å²) >= 11 is 3.01. The number of rotatable bonds is 3. The Kier molecular flexibility index (Phi) is 4.65. The summed E-state index contributed by atoms with van der Waals surface area (Å²) < 4.78 is 53.5. The van der Waals surface area contributed by atoms with Gasteiger partial charge in [-0.1, -0.05) is 30.3 Å². The zero-order valence-corrected chi connectivity index (χ0v) is 12.2. The first kappa shape index (κ1) is 15.9. The highest BCUT2D eigenvalue weighted by atomic mass is 79.9. The largest absolute Gasteiger partial charge is 0.416 e. The average molecular weight is 363 g/mol. The third-order valence-electron chi connectivity index (χ3n) is 3.04. The third-order valence-corrected chi connectivity index (χ3v) is 3.65. The lowest BCUT2D eigenvalue weighted by Crippen LogP contribution is -2.31. The normalized spacial score (nSPS) is 13.2. The van der Waals surface area contributed by atoms with E-state index in [4.69, 9.17) is 5.84 Å². The molecule has 0 fully saturated rings. The minimum absolute atomic E-state index is 0.0311. The highest BCUT2D eigenvalue weighted by molar-refractivity contribution is 9.10. The lowest BCUT2D eigenvalue weighted by atomic mass is 9.94. The van der Waals surface area contributed by atoms with Gasteiger partial charge in [0.2, 0.25) is 0 Å². The van der Waals surface area contributed by atoms with E-state index in [2.05, 4.69) is 21.4 Å². The van der Waals surface area contributed by atoms with Crippen LogP contribution in [0.1, 0.15) is 22.7 Å². The van der Waals surface area contributed by atoms with Crippen LogP contribution in [0.5, 0.6) is 0 Å². The van der Waals surface area contributed by atoms with Crippen molar-refractivity contribution in [3.63, 3.8) is 0 Å². The maximum Gasteiger partial charge on any atom is 0.416 e. The minimum Gasteiger partial charge on any atom is -0.271 e. The van der Waals surface area contributed by atoms with Gasteiger partial charge in [0.15, 0.2) is 0 Å². The molecule has 0 aliphatic carbocycles. The first-order valence-electron chi connectivity index (χ1n) is 5.92. The van der Waals surface area contributed by atoms with Crippen molar-refractivity contribution in [2.75, 3.05) is 0 Å². The van der Waals surface area contributed by atoms with E-state index in [0.29, 0.717) is 0 Å². The number of nitrogens with two attached hydrogens (primary N) is 1. The van der Waals surface area contributed by atoms with Gasteiger partial charge in [-0.2, -0.15) is 13.2 Å². The topological polar surface area (TPSA) is 38.0 Å². The summed E-state index contributed by atoms with van der Waals surface area (Å²) in [5, 5.41) is 0. The summed E-state index contributed by atoms with van der Waals surface area (Å²) in [6.07, 6.45) is -4.55. The summed E-state index contributed by atoms with van der Waals surface area (Å²) in [5.74, 6) is 4.71. The van der Waals surface area contributed by atoms with Gasteiger partial charge in [0, 0.05) is 5.56 Å². The fourth-order valence-corrected chi connectivity index (χ4v) is 2.48. The molecule has 0 aromatic heterocycles. The Morgan fingerprint density at radius 1 is 1.00 bits per heavy atom. The van der Waals surface area contributed by atoms with E-state index >= 15 is 0 Å². The molecule has 0 saturated carbocycles. The van der Waals surface area contributed by atoms with Gasteiger partial charge < -0.3 is 0 Å². The van der Waals surface area contributed by atoms with Crippen LogP contribution in [0, 0.1) is 5.82 Å². The molecule has 7 heteroatoms. The van der Waals surface area contributed by atoms with Gasteiger partial charge in [0.1, 0.15) is 5.82 Å². The Balaban J connectivity index is 2.60.